The van der Waals surface area contributed by atoms with Gasteiger partial charge in [-0.25, -0.2) is 9.18 Å². The van der Waals surface area contributed by atoms with Gasteiger partial charge in [-0.3, -0.25) is 9.59 Å². The van der Waals surface area contributed by atoms with E-state index in [1.165, 1.54) is 18.3 Å². The third-order valence-corrected chi connectivity index (χ3v) is 4.46. The highest BCUT2D eigenvalue weighted by Crippen LogP contribution is 2.32. The first-order chi connectivity index (χ1) is 14.5. The van der Waals surface area contributed by atoms with Gasteiger partial charge in [0, 0.05) is 18.5 Å². The number of fused-ring (bicyclic) bond motifs is 1. The molecule has 0 spiro atoms. The van der Waals surface area contributed by atoms with Crippen molar-refractivity contribution in [2.75, 3.05) is 5.32 Å². The molecular formula is C21H16F4N2O4. The number of carbonyl (C=O) groups excluding carboxylic acids is 2. The molecule has 0 atom stereocenters. The number of halogens is 4. The summed E-state index contributed by atoms with van der Waals surface area (Å²) in [6, 6.07) is 6.83. The van der Waals surface area contributed by atoms with Crippen LogP contribution in [0.3, 0.4) is 0 Å². The van der Waals surface area contributed by atoms with E-state index >= 15 is 0 Å². The average molecular weight is 436 g/mol. The molecule has 0 aliphatic carbocycles. The molecule has 1 heterocycles. The molecule has 6 nitrogen and oxygen atoms in total. The molecular weight excluding hydrogens is 420 g/mol. The molecule has 10 heteroatoms. The van der Waals surface area contributed by atoms with Gasteiger partial charge in [-0.1, -0.05) is 12.1 Å². The Kier molecular flexibility index (Phi) is 5.83. The maximum Gasteiger partial charge on any atom is 0.419 e. The molecule has 2 aromatic carbocycles. The van der Waals surface area contributed by atoms with E-state index in [2.05, 4.69) is 5.32 Å². The van der Waals surface area contributed by atoms with E-state index in [0.717, 1.165) is 17.7 Å². The van der Waals surface area contributed by atoms with Crippen LogP contribution in [0.5, 0.6) is 0 Å². The minimum Gasteiger partial charge on any atom is -0.334 e. The van der Waals surface area contributed by atoms with Gasteiger partial charge in [-0.05, 0) is 42.3 Å². The number of rotatable bonds is 4. The van der Waals surface area contributed by atoms with Gasteiger partial charge in [-0.15, -0.1) is 4.73 Å². The Labute approximate surface area is 173 Å². The second kappa shape index (κ2) is 8.21. The lowest BCUT2D eigenvalue weighted by Crippen LogP contribution is -2.29. The second-order valence-corrected chi connectivity index (χ2v) is 6.79. The van der Waals surface area contributed by atoms with Crippen molar-refractivity contribution in [3.8, 4) is 0 Å². The molecule has 1 amide bonds. The lowest BCUT2D eigenvalue weighted by Gasteiger charge is -2.14. The number of amides is 1. The summed E-state index contributed by atoms with van der Waals surface area (Å²) in [5.41, 5.74) is -1.05. The number of alkyl halides is 3. The first-order valence-electron chi connectivity index (χ1n) is 8.96. The summed E-state index contributed by atoms with van der Waals surface area (Å²) in [5.74, 6) is -2.77. The number of nitrogens with one attached hydrogen (secondary N) is 1. The quantitative estimate of drug-likeness (QED) is 0.634. The number of nitrogens with zero attached hydrogens (tertiary/aromatic N) is 1. The molecule has 3 aromatic rings. The molecule has 0 saturated carbocycles. The zero-order chi connectivity index (χ0) is 22.9. The maximum atomic E-state index is 13.7. The molecule has 3 rings (SSSR count). The zero-order valence-electron chi connectivity index (χ0n) is 16.3. The Morgan fingerprint density at radius 2 is 1.81 bits per heavy atom. The Morgan fingerprint density at radius 1 is 1.10 bits per heavy atom. The molecule has 0 bridgehead atoms. The normalized spacial score (nSPS) is 11.4. The van der Waals surface area contributed by atoms with Gasteiger partial charge in [0.15, 0.2) is 0 Å². The van der Waals surface area contributed by atoms with Crippen LogP contribution < -0.4 is 15.7 Å². The molecule has 0 saturated heterocycles. The number of carbonyl (C=O) groups is 2. The summed E-state index contributed by atoms with van der Waals surface area (Å²) in [5, 5.41) is 3.16. The van der Waals surface area contributed by atoms with E-state index in [1.807, 2.05) is 0 Å². The van der Waals surface area contributed by atoms with Gasteiger partial charge < -0.3 is 10.2 Å². The standard InChI is InChI=1S/C21H16F4N2O4/c1-11-3-5-15-14(7-8-27(20(15)30)31-12(2)28)19(11)26-18(29)10-13-4-6-16(17(22)9-13)21(23,24)25/h3-9H,10H2,1-2H3,(H,26,29). The second-order valence-electron chi connectivity index (χ2n) is 6.79. The van der Waals surface area contributed by atoms with Gasteiger partial charge >= 0.3 is 12.1 Å². The minimum atomic E-state index is -4.83. The molecule has 162 valence electrons. The first-order valence-corrected chi connectivity index (χ1v) is 8.96. The Balaban J connectivity index is 1.89. The predicted molar refractivity (Wildman–Crippen MR) is 104 cm³/mol. The third kappa shape index (κ3) is 4.73. The summed E-state index contributed by atoms with van der Waals surface area (Å²) >= 11 is 0. The molecule has 1 N–H and O–H groups in total. The van der Waals surface area contributed by atoms with Crippen molar-refractivity contribution in [2.24, 2.45) is 0 Å². The average Bonchev–Trinajstić information content (AvgIpc) is 2.65. The van der Waals surface area contributed by atoms with Crippen LogP contribution in [-0.2, 0) is 22.2 Å². The summed E-state index contributed by atoms with van der Waals surface area (Å²) in [4.78, 5) is 40.9. The Bertz CT molecular complexity index is 1250. The summed E-state index contributed by atoms with van der Waals surface area (Å²) in [6.07, 6.45) is -3.98. The smallest absolute Gasteiger partial charge is 0.334 e. The molecule has 0 fully saturated rings. The fourth-order valence-corrected chi connectivity index (χ4v) is 3.06. The fraction of sp³-hybridized carbons (Fsp3) is 0.190. The van der Waals surface area contributed by atoms with Crippen LogP contribution in [0.25, 0.3) is 10.8 Å². The van der Waals surface area contributed by atoms with E-state index in [9.17, 15) is 31.9 Å². The van der Waals surface area contributed by atoms with Crippen molar-refractivity contribution < 1.29 is 32.0 Å². The van der Waals surface area contributed by atoms with Crippen molar-refractivity contribution >= 4 is 28.3 Å². The fourth-order valence-electron chi connectivity index (χ4n) is 3.06. The maximum absolute atomic E-state index is 13.7. The Hall–Kier alpha value is -3.69. The SMILES string of the molecule is CC(=O)On1ccc2c(NC(=O)Cc3ccc(C(F)(F)F)c(F)c3)c(C)ccc2c1=O. The summed E-state index contributed by atoms with van der Waals surface area (Å²) < 4.78 is 52.5. The molecule has 0 aliphatic heterocycles. The number of anilines is 1. The largest absolute Gasteiger partial charge is 0.419 e. The van der Waals surface area contributed by atoms with Crippen molar-refractivity contribution in [3.63, 3.8) is 0 Å². The molecule has 0 radical (unpaired) electrons. The molecule has 1 aromatic heterocycles. The first kappa shape index (κ1) is 22.0. The van der Waals surface area contributed by atoms with Crippen LogP contribution in [0.1, 0.15) is 23.6 Å². The number of aromatic nitrogens is 1. The lowest BCUT2D eigenvalue weighted by molar-refractivity contribution is -0.142. The summed E-state index contributed by atoms with van der Waals surface area (Å²) in [7, 11) is 0. The lowest BCUT2D eigenvalue weighted by atomic mass is 10.0. The minimum absolute atomic E-state index is 0.0538. The van der Waals surface area contributed by atoms with Crippen LogP contribution in [0.2, 0.25) is 0 Å². The van der Waals surface area contributed by atoms with Gasteiger partial charge in [0.05, 0.1) is 23.1 Å². The Morgan fingerprint density at radius 3 is 2.42 bits per heavy atom. The van der Waals surface area contributed by atoms with E-state index < -0.39 is 35.0 Å². The van der Waals surface area contributed by atoms with Gasteiger partial charge in [0.25, 0.3) is 5.56 Å². The monoisotopic (exact) mass is 436 g/mol. The zero-order valence-corrected chi connectivity index (χ0v) is 16.3. The number of benzene rings is 2. The van der Waals surface area contributed by atoms with Crippen LogP contribution in [0.15, 0.2) is 47.4 Å². The topological polar surface area (TPSA) is 77.4 Å². The van der Waals surface area contributed by atoms with Crippen LogP contribution in [-0.4, -0.2) is 16.6 Å². The van der Waals surface area contributed by atoms with Gasteiger partial charge in [0.1, 0.15) is 5.82 Å². The van der Waals surface area contributed by atoms with E-state index in [1.54, 1.807) is 13.0 Å². The number of hydrogen-bond donors (Lipinski definition) is 1. The van der Waals surface area contributed by atoms with Crippen LogP contribution in [0.4, 0.5) is 23.2 Å². The van der Waals surface area contributed by atoms with Gasteiger partial charge in [-0.2, -0.15) is 13.2 Å². The highest BCUT2D eigenvalue weighted by Gasteiger charge is 2.34. The third-order valence-electron chi connectivity index (χ3n) is 4.46. The van der Waals surface area contributed by atoms with Crippen LogP contribution in [0, 0.1) is 12.7 Å². The summed E-state index contributed by atoms with van der Waals surface area (Å²) in [6.45, 7) is 2.83. The van der Waals surface area contributed by atoms with E-state index in [-0.39, 0.29) is 17.4 Å². The molecule has 0 unspecified atom stereocenters. The molecule has 31 heavy (non-hydrogen) atoms. The number of aryl methyl sites for hydroxylation is 1. The van der Waals surface area contributed by atoms with Crippen molar-refractivity contribution in [1.29, 1.82) is 0 Å². The van der Waals surface area contributed by atoms with Gasteiger partial charge in [0.2, 0.25) is 5.91 Å². The predicted octanol–water partition coefficient (Wildman–Crippen LogP) is 3.62. The number of hydrogen-bond acceptors (Lipinski definition) is 4. The highest BCUT2D eigenvalue weighted by molar-refractivity contribution is 6.03. The highest BCUT2D eigenvalue weighted by atomic mass is 19.4. The van der Waals surface area contributed by atoms with Crippen molar-refractivity contribution in [1.82, 2.24) is 4.73 Å². The van der Waals surface area contributed by atoms with E-state index in [4.69, 9.17) is 4.84 Å². The van der Waals surface area contributed by atoms with Crippen molar-refractivity contribution in [3.05, 3.63) is 75.5 Å². The molecule has 0 aliphatic rings. The van der Waals surface area contributed by atoms with Crippen LogP contribution >= 0.6 is 0 Å². The van der Waals surface area contributed by atoms with Crippen molar-refractivity contribution in [2.45, 2.75) is 26.4 Å². The number of pyridine rings is 1. The van der Waals surface area contributed by atoms with E-state index in [0.29, 0.717) is 28.8 Å².